The van der Waals surface area contributed by atoms with Crippen LogP contribution in [0.25, 0.3) is 0 Å². The molecule has 1 aromatic rings. The van der Waals surface area contributed by atoms with Crippen molar-refractivity contribution in [3.8, 4) is 0 Å². The van der Waals surface area contributed by atoms with Crippen LogP contribution in [-0.2, 0) is 4.79 Å². The largest absolute Gasteiger partial charge is 0.343 e. The van der Waals surface area contributed by atoms with Gasteiger partial charge in [0.05, 0.1) is 0 Å². The quantitative estimate of drug-likeness (QED) is 0.866. The Kier molecular flexibility index (Phi) is 4.55. The molecule has 2 aliphatic heterocycles. The summed E-state index contributed by atoms with van der Waals surface area (Å²) in [6, 6.07) is 8.32. The van der Waals surface area contributed by atoms with Crippen LogP contribution in [0, 0.1) is 0 Å². The molecule has 5 nitrogen and oxygen atoms in total. The summed E-state index contributed by atoms with van der Waals surface area (Å²) in [5, 5.41) is 3.15. The van der Waals surface area contributed by atoms with Crippen molar-refractivity contribution >= 4 is 17.6 Å². The molecule has 0 aliphatic carbocycles. The first-order valence-electron chi connectivity index (χ1n) is 8.48. The fraction of sp³-hybridized carbons (Fsp3) is 0.556. The van der Waals surface area contributed by atoms with Crippen molar-refractivity contribution in [1.29, 1.82) is 0 Å². The molecule has 23 heavy (non-hydrogen) atoms. The van der Waals surface area contributed by atoms with Crippen molar-refractivity contribution in [3.05, 3.63) is 29.8 Å². The Labute approximate surface area is 137 Å². The number of fused-ring (bicyclic) bond motifs is 1. The molecule has 0 saturated carbocycles. The first kappa shape index (κ1) is 15.8. The molecule has 1 N–H and O–H groups in total. The van der Waals surface area contributed by atoms with Crippen molar-refractivity contribution in [2.75, 3.05) is 24.5 Å². The van der Waals surface area contributed by atoms with Gasteiger partial charge in [0.15, 0.2) is 0 Å². The fourth-order valence-corrected chi connectivity index (χ4v) is 3.55. The maximum Gasteiger partial charge on any atom is 0.322 e. The minimum Gasteiger partial charge on any atom is -0.343 e. The number of anilines is 1. The number of para-hydroxylation sites is 1. The molecule has 0 unspecified atom stereocenters. The highest BCUT2D eigenvalue weighted by Crippen LogP contribution is 2.34. The van der Waals surface area contributed by atoms with Crippen molar-refractivity contribution in [3.63, 3.8) is 0 Å². The van der Waals surface area contributed by atoms with Crippen LogP contribution in [0.5, 0.6) is 0 Å². The molecule has 0 bridgehead atoms. The molecule has 2 heterocycles. The maximum atomic E-state index is 12.7. The van der Waals surface area contributed by atoms with E-state index in [1.54, 1.807) is 6.92 Å². The van der Waals surface area contributed by atoms with Gasteiger partial charge in [0.2, 0.25) is 5.91 Å². The normalized spacial score (nSPS) is 21.7. The predicted molar refractivity (Wildman–Crippen MR) is 90.6 cm³/mol. The fourth-order valence-electron chi connectivity index (χ4n) is 3.55. The second-order valence-electron chi connectivity index (χ2n) is 6.63. The number of nitrogens with zero attached hydrogens (tertiary/aromatic N) is 2. The van der Waals surface area contributed by atoms with Crippen LogP contribution in [0.2, 0.25) is 0 Å². The lowest BCUT2D eigenvalue weighted by Gasteiger charge is -2.36. The van der Waals surface area contributed by atoms with Gasteiger partial charge in [0, 0.05) is 38.3 Å². The minimum absolute atomic E-state index is 0.00868. The summed E-state index contributed by atoms with van der Waals surface area (Å²) < 4.78 is 0. The second-order valence-corrected chi connectivity index (χ2v) is 6.63. The van der Waals surface area contributed by atoms with E-state index in [2.05, 4.69) is 18.3 Å². The molecule has 2 aliphatic rings. The topological polar surface area (TPSA) is 52.7 Å². The molecule has 124 valence electrons. The van der Waals surface area contributed by atoms with Gasteiger partial charge in [-0.15, -0.1) is 0 Å². The van der Waals surface area contributed by atoms with E-state index < -0.39 is 0 Å². The van der Waals surface area contributed by atoms with Gasteiger partial charge in [-0.25, -0.2) is 4.79 Å². The molecule has 3 amide bonds. The van der Waals surface area contributed by atoms with Gasteiger partial charge in [0.25, 0.3) is 0 Å². The third-order valence-electron chi connectivity index (χ3n) is 5.06. The van der Waals surface area contributed by atoms with Crippen LogP contribution in [0.3, 0.4) is 0 Å². The number of likely N-dealkylation sites (tertiary alicyclic amines) is 1. The lowest BCUT2D eigenvalue weighted by atomic mass is 9.92. The second kappa shape index (κ2) is 6.60. The van der Waals surface area contributed by atoms with Crippen LogP contribution in [-0.4, -0.2) is 42.5 Å². The zero-order valence-electron chi connectivity index (χ0n) is 13.9. The molecule has 0 radical (unpaired) electrons. The van der Waals surface area contributed by atoms with Crippen LogP contribution in [0.1, 0.15) is 44.6 Å². The number of carbonyl (C=O) groups excluding carboxylic acids is 2. The Bertz CT molecular complexity index is 594. The Morgan fingerprint density at radius 1 is 1.09 bits per heavy atom. The van der Waals surface area contributed by atoms with E-state index in [0.29, 0.717) is 5.92 Å². The van der Waals surface area contributed by atoms with Crippen molar-refractivity contribution in [1.82, 2.24) is 10.2 Å². The average Bonchev–Trinajstić information content (AvgIpc) is 2.56. The molecule has 0 spiro atoms. The van der Waals surface area contributed by atoms with Crippen LogP contribution in [0.4, 0.5) is 10.5 Å². The monoisotopic (exact) mass is 315 g/mol. The third-order valence-corrected chi connectivity index (χ3v) is 5.06. The zero-order chi connectivity index (χ0) is 16.4. The van der Waals surface area contributed by atoms with E-state index >= 15 is 0 Å². The smallest absolute Gasteiger partial charge is 0.322 e. The number of benzene rings is 1. The Hall–Kier alpha value is -2.04. The van der Waals surface area contributed by atoms with Crippen LogP contribution >= 0.6 is 0 Å². The van der Waals surface area contributed by atoms with Crippen molar-refractivity contribution in [2.24, 2.45) is 0 Å². The summed E-state index contributed by atoms with van der Waals surface area (Å²) in [6.45, 7) is 6.04. The van der Waals surface area contributed by atoms with E-state index in [1.165, 1.54) is 5.56 Å². The standard InChI is InChI=1S/C18H25N3O2/c1-13-7-12-21(17-6-4-3-5-16(13)17)18(23)19-15-8-10-20(11-9-15)14(2)22/h3-6,13,15H,7-12H2,1-2H3,(H,19,23)/t13-/m0/s1. The lowest BCUT2D eigenvalue weighted by molar-refractivity contribution is -0.129. The highest BCUT2D eigenvalue weighted by Gasteiger charge is 2.28. The van der Waals surface area contributed by atoms with Crippen LogP contribution in [0.15, 0.2) is 24.3 Å². The van der Waals surface area contributed by atoms with E-state index in [1.807, 2.05) is 28.0 Å². The Morgan fingerprint density at radius 2 is 1.78 bits per heavy atom. The van der Waals surface area contributed by atoms with Gasteiger partial charge >= 0.3 is 6.03 Å². The first-order valence-corrected chi connectivity index (χ1v) is 8.48. The summed E-state index contributed by atoms with van der Waals surface area (Å²) in [4.78, 5) is 27.8. The summed E-state index contributed by atoms with van der Waals surface area (Å²) in [5.74, 6) is 0.614. The maximum absolute atomic E-state index is 12.7. The molecule has 0 aromatic heterocycles. The molecule has 5 heteroatoms. The molecule has 1 aromatic carbocycles. The number of carbonyl (C=O) groups is 2. The van der Waals surface area contributed by atoms with E-state index in [0.717, 1.165) is 44.6 Å². The summed E-state index contributed by atoms with van der Waals surface area (Å²) in [5.41, 5.74) is 2.28. The number of hydrogen-bond donors (Lipinski definition) is 1. The highest BCUT2D eigenvalue weighted by atomic mass is 16.2. The molecular formula is C18H25N3O2. The minimum atomic E-state index is -0.00868. The Morgan fingerprint density at radius 3 is 2.48 bits per heavy atom. The summed E-state index contributed by atoms with van der Waals surface area (Å²) in [7, 11) is 0. The first-order chi connectivity index (χ1) is 11.1. The number of nitrogens with one attached hydrogen (secondary N) is 1. The highest BCUT2D eigenvalue weighted by molar-refractivity contribution is 5.93. The van der Waals surface area contributed by atoms with Crippen molar-refractivity contribution in [2.45, 2.75) is 45.1 Å². The number of amides is 3. The average molecular weight is 315 g/mol. The molecule has 1 fully saturated rings. The summed E-state index contributed by atoms with van der Waals surface area (Å²) >= 11 is 0. The predicted octanol–water partition coefficient (Wildman–Crippen LogP) is 2.72. The van der Waals surface area contributed by atoms with Gasteiger partial charge in [0.1, 0.15) is 0 Å². The lowest BCUT2D eigenvalue weighted by Crippen LogP contribution is -2.51. The summed E-state index contributed by atoms with van der Waals surface area (Å²) in [6.07, 6.45) is 2.65. The van der Waals surface area contributed by atoms with Crippen molar-refractivity contribution < 1.29 is 9.59 Å². The van der Waals surface area contributed by atoms with Gasteiger partial charge in [-0.3, -0.25) is 9.69 Å². The molecule has 1 saturated heterocycles. The molecule has 1 atom stereocenters. The zero-order valence-corrected chi connectivity index (χ0v) is 13.9. The van der Waals surface area contributed by atoms with Gasteiger partial charge < -0.3 is 10.2 Å². The SMILES string of the molecule is CC(=O)N1CCC(NC(=O)N2CC[C@H](C)c3ccccc32)CC1. The van der Waals surface area contributed by atoms with Gasteiger partial charge in [-0.2, -0.15) is 0 Å². The van der Waals surface area contributed by atoms with E-state index in [9.17, 15) is 9.59 Å². The number of hydrogen-bond acceptors (Lipinski definition) is 2. The van der Waals surface area contributed by atoms with E-state index in [4.69, 9.17) is 0 Å². The van der Waals surface area contributed by atoms with Crippen LogP contribution < -0.4 is 10.2 Å². The molecule has 3 rings (SSSR count). The number of rotatable bonds is 1. The third kappa shape index (κ3) is 3.33. The van der Waals surface area contributed by atoms with Gasteiger partial charge in [-0.1, -0.05) is 25.1 Å². The number of piperidine rings is 1. The number of urea groups is 1. The van der Waals surface area contributed by atoms with Gasteiger partial charge in [-0.05, 0) is 36.8 Å². The van der Waals surface area contributed by atoms with E-state index in [-0.39, 0.29) is 18.0 Å². The molecular weight excluding hydrogens is 290 g/mol. The Balaban J connectivity index is 1.64.